The first-order valence-electron chi connectivity index (χ1n) is 6.39. The second kappa shape index (κ2) is 5.36. The fourth-order valence-corrected chi connectivity index (χ4v) is 2.18. The van der Waals surface area contributed by atoms with Crippen LogP contribution in [0.25, 0.3) is 0 Å². The zero-order valence-electron chi connectivity index (χ0n) is 11.6. The van der Waals surface area contributed by atoms with Crippen molar-refractivity contribution in [2.24, 2.45) is 0 Å². The number of likely N-dealkylation sites (tertiary alicyclic amines) is 1. The number of carbonyl (C=O) groups excluding carboxylic acids is 1. The van der Waals surface area contributed by atoms with Crippen LogP contribution in [0.15, 0.2) is 0 Å². The van der Waals surface area contributed by atoms with Gasteiger partial charge in [-0.15, -0.1) is 0 Å². The summed E-state index contributed by atoms with van der Waals surface area (Å²) in [6.45, 7) is 10.2. The smallest absolute Gasteiger partial charge is 0.323 e. The van der Waals surface area contributed by atoms with E-state index in [0.29, 0.717) is 0 Å². The van der Waals surface area contributed by atoms with Crippen LogP contribution in [0, 0.1) is 0 Å². The SMILES string of the molecule is CC(O)C(C)N1CCC[C@H]1C(=O)OC(C)(C)C. The van der Waals surface area contributed by atoms with Crippen molar-refractivity contribution in [1.82, 2.24) is 4.90 Å². The highest BCUT2D eigenvalue weighted by Crippen LogP contribution is 2.24. The van der Waals surface area contributed by atoms with E-state index >= 15 is 0 Å². The molecule has 0 saturated carbocycles. The zero-order chi connectivity index (χ0) is 13.2. The van der Waals surface area contributed by atoms with Gasteiger partial charge in [0.25, 0.3) is 0 Å². The maximum absolute atomic E-state index is 12.1. The van der Waals surface area contributed by atoms with Crippen molar-refractivity contribution < 1.29 is 14.6 Å². The van der Waals surface area contributed by atoms with Crippen LogP contribution in [0.2, 0.25) is 0 Å². The third kappa shape index (κ3) is 3.96. The number of aliphatic hydroxyl groups is 1. The number of hydrogen-bond acceptors (Lipinski definition) is 4. The van der Waals surface area contributed by atoms with E-state index in [1.807, 2.05) is 27.7 Å². The van der Waals surface area contributed by atoms with E-state index in [2.05, 4.69) is 4.90 Å². The predicted octanol–water partition coefficient (Wildman–Crippen LogP) is 1.56. The normalized spacial score (nSPS) is 25.6. The van der Waals surface area contributed by atoms with Crippen LogP contribution in [0.5, 0.6) is 0 Å². The van der Waals surface area contributed by atoms with Gasteiger partial charge in [-0.2, -0.15) is 0 Å². The molecule has 4 heteroatoms. The first-order valence-corrected chi connectivity index (χ1v) is 6.39. The molecule has 0 aliphatic carbocycles. The molecule has 4 nitrogen and oxygen atoms in total. The number of hydrogen-bond donors (Lipinski definition) is 1. The molecule has 1 saturated heterocycles. The molecular weight excluding hydrogens is 218 g/mol. The summed E-state index contributed by atoms with van der Waals surface area (Å²) in [7, 11) is 0. The van der Waals surface area contributed by atoms with Crippen molar-refractivity contribution in [1.29, 1.82) is 0 Å². The summed E-state index contributed by atoms with van der Waals surface area (Å²) in [5, 5.41) is 9.62. The van der Waals surface area contributed by atoms with Gasteiger partial charge in [-0.25, -0.2) is 0 Å². The van der Waals surface area contributed by atoms with Gasteiger partial charge in [0.1, 0.15) is 11.6 Å². The first-order chi connectivity index (χ1) is 7.72. The van der Waals surface area contributed by atoms with Gasteiger partial charge < -0.3 is 9.84 Å². The van der Waals surface area contributed by atoms with Gasteiger partial charge in [-0.1, -0.05) is 0 Å². The van der Waals surface area contributed by atoms with Crippen molar-refractivity contribution in [2.75, 3.05) is 6.54 Å². The van der Waals surface area contributed by atoms with Crippen LogP contribution >= 0.6 is 0 Å². The molecule has 0 aromatic rings. The number of carbonyl (C=O) groups is 1. The summed E-state index contributed by atoms with van der Waals surface area (Å²) in [6, 6.07) is -0.200. The number of nitrogens with zero attached hydrogens (tertiary/aromatic N) is 1. The lowest BCUT2D eigenvalue weighted by molar-refractivity contribution is -0.161. The fraction of sp³-hybridized carbons (Fsp3) is 0.923. The minimum Gasteiger partial charge on any atom is -0.459 e. The summed E-state index contributed by atoms with van der Waals surface area (Å²) < 4.78 is 5.42. The molecule has 17 heavy (non-hydrogen) atoms. The lowest BCUT2D eigenvalue weighted by Gasteiger charge is -2.32. The van der Waals surface area contributed by atoms with Crippen LogP contribution in [0.4, 0.5) is 0 Å². The molecular formula is C13H25NO3. The molecule has 0 amide bonds. The second-order valence-electron chi connectivity index (χ2n) is 5.91. The van der Waals surface area contributed by atoms with E-state index < -0.39 is 11.7 Å². The van der Waals surface area contributed by atoms with E-state index in [9.17, 15) is 9.90 Å². The largest absolute Gasteiger partial charge is 0.459 e. The molecule has 3 atom stereocenters. The van der Waals surface area contributed by atoms with Gasteiger partial charge in [-0.3, -0.25) is 9.69 Å². The van der Waals surface area contributed by atoms with E-state index in [1.54, 1.807) is 6.92 Å². The van der Waals surface area contributed by atoms with Crippen molar-refractivity contribution in [3.8, 4) is 0 Å². The number of aliphatic hydroxyl groups excluding tert-OH is 1. The molecule has 100 valence electrons. The summed E-state index contributed by atoms with van der Waals surface area (Å²) in [5.41, 5.74) is -0.445. The van der Waals surface area contributed by atoms with E-state index in [4.69, 9.17) is 4.74 Å². The van der Waals surface area contributed by atoms with E-state index in [1.165, 1.54) is 0 Å². The summed E-state index contributed by atoms with van der Waals surface area (Å²) in [6.07, 6.45) is 1.38. The van der Waals surface area contributed by atoms with Crippen molar-refractivity contribution >= 4 is 5.97 Å². The van der Waals surface area contributed by atoms with Crippen molar-refractivity contribution in [3.05, 3.63) is 0 Å². The van der Waals surface area contributed by atoms with Crippen LogP contribution in [-0.2, 0) is 9.53 Å². The van der Waals surface area contributed by atoms with E-state index in [-0.39, 0.29) is 18.1 Å². The Morgan fingerprint density at radius 2 is 2.00 bits per heavy atom. The second-order valence-corrected chi connectivity index (χ2v) is 5.91. The Labute approximate surface area is 104 Å². The van der Waals surface area contributed by atoms with Crippen LogP contribution < -0.4 is 0 Å². The topological polar surface area (TPSA) is 49.8 Å². The predicted molar refractivity (Wildman–Crippen MR) is 66.7 cm³/mol. The average molecular weight is 243 g/mol. The Bertz CT molecular complexity index is 270. The molecule has 0 aromatic carbocycles. The van der Waals surface area contributed by atoms with Gasteiger partial charge in [0.05, 0.1) is 6.10 Å². The molecule has 2 unspecified atom stereocenters. The molecule has 1 rings (SSSR count). The lowest BCUT2D eigenvalue weighted by atomic mass is 10.1. The van der Waals surface area contributed by atoms with Gasteiger partial charge in [0.15, 0.2) is 0 Å². The zero-order valence-corrected chi connectivity index (χ0v) is 11.6. The van der Waals surface area contributed by atoms with Gasteiger partial charge in [0.2, 0.25) is 0 Å². The van der Waals surface area contributed by atoms with Crippen molar-refractivity contribution in [2.45, 2.75) is 71.2 Å². The van der Waals surface area contributed by atoms with Crippen LogP contribution in [-0.4, -0.2) is 46.3 Å². The summed E-state index contributed by atoms with van der Waals surface area (Å²) in [4.78, 5) is 14.1. The Balaban J connectivity index is 2.66. The molecule has 1 aliphatic heterocycles. The third-order valence-electron chi connectivity index (χ3n) is 3.19. The minimum atomic E-state index is -0.445. The van der Waals surface area contributed by atoms with Gasteiger partial charge in [0, 0.05) is 6.04 Å². The monoisotopic (exact) mass is 243 g/mol. The summed E-state index contributed by atoms with van der Waals surface area (Å²) in [5.74, 6) is -0.164. The first kappa shape index (κ1) is 14.5. The maximum Gasteiger partial charge on any atom is 0.323 e. The fourth-order valence-electron chi connectivity index (χ4n) is 2.18. The molecule has 0 bridgehead atoms. The quantitative estimate of drug-likeness (QED) is 0.764. The number of rotatable bonds is 3. The van der Waals surface area contributed by atoms with Crippen LogP contribution in [0.1, 0.15) is 47.5 Å². The highest BCUT2D eigenvalue weighted by Gasteiger charge is 2.37. The Kier molecular flexibility index (Phi) is 4.55. The molecule has 1 aliphatic rings. The number of esters is 1. The van der Waals surface area contributed by atoms with Gasteiger partial charge >= 0.3 is 5.97 Å². The lowest BCUT2D eigenvalue weighted by Crippen LogP contribution is -2.48. The Hall–Kier alpha value is -0.610. The molecule has 1 heterocycles. The molecule has 1 fully saturated rings. The third-order valence-corrected chi connectivity index (χ3v) is 3.19. The Morgan fingerprint density at radius 3 is 2.47 bits per heavy atom. The highest BCUT2D eigenvalue weighted by atomic mass is 16.6. The Morgan fingerprint density at radius 1 is 1.41 bits per heavy atom. The molecule has 0 aromatic heterocycles. The average Bonchev–Trinajstić information content (AvgIpc) is 2.61. The molecule has 0 radical (unpaired) electrons. The molecule has 0 spiro atoms. The number of ether oxygens (including phenoxy) is 1. The van der Waals surface area contributed by atoms with E-state index in [0.717, 1.165) is 19.4 Å². The minimum absolute atomic E-state index is 0.00461. The standard InChI is InChI=1S/C13H25NO3/c1-9(10(2)15)14-8-6-7-11(14)12(16)17-13(3,4)5/h9-11,15H,6-8H2,1-5H3/t9?,10?,11-/m0/s1. The summed E-state index contributed by atoms with van der Waals surface area (Å²) >= 11 is 0. The van der Waals surface area contributed by atoms with Crippen molar-refractivity contribution in [3.63, 3.8) is 0 Å². The highest BCUT2D eigenvalue weighted by molar-refractivity contribution is 5.76. The molecule has 1 N–H and O–H groups in total. The maximum atomic E-state index is 12.1. The van der Waals surface area contributed by atoms with Gasteiger partial charge in [-0.05, 0) is 54.0 Å². The van der Waals surface area contributed by atoms with Crippen LogP contribution in [0.3, 0.4) is 0 Å².